The van der Waals surface area contributed by atoms with Crippen molar-refractivity contribution in [2.24, 2.45) is 0 Å². The fraction of sp³-hybridized carbons (Fsp3) is 0. The van der Waals surface area contributed by atoms with E-state index in [1.165, 1.54) is 21.5 Å². The standard InChI is InChI=1S/C59H36N4O/c1-3-13-37(14-4-1)39-23-27-41(28-24-39)57-60-58(42-29-25-40(26-30-42)38-15-5-2-6-16-38)62-59(61-57)51-35-47(36-55-56(51)50-32-44-18-8-10-20-46(44)34-54(50)64-55)63-52-22-12-11-21-48(52)49-31-43-17-7-9-19-45(43)33-53(49)63/h1-36H. The Morgan fingerprint density at radius 2 is 0.781 bits per heavy atom. The van der Waals surface area contributed by atoms with E-state index in [4.69, 9.17) is 19.4 Å². The average molecular weight is 817 g/mol. The third-order valence-corrected chi connectivity index (χ3v) is 12.6. The minimum Gasteiger partial charge on any atom is -0.456 e. The molecule has 0 N–H and O–H groups in total. The summed E-state index contributed by atoms with van der Waals surface area (Å²) < 4.78 is 9.27. The first kappa shape index (κ1) is 36.0. The molecule has 5 nitrogen and oxygen atoms in total. The Labute approximate surface area is 368 Å². The number of furan rings is 1. The van der Waals surface area contributed by atoms with Gasteiger partial charge < -0.3 is 8.98 Å². The van der Waals surface area contributed by atoms with E-state index in [1.54, 1.807) is 0 Å². The number of para-hydroxylation sites is 1. The lowest BCUT2D eigenvalue weighted by Gasteiger charge is -2.13. The van der Waals surface area contributed by atoms with Crippen LogP contribution in [0, 0.1) is 0 Å². The van der Waals surface area contributed by atoms with Gasteiger partial charge in [-0.25, -0.2) is 15.0 Å². The first-order chi connectivity index (χ1) is 31.7. The number of aromatic nitrogens is 4. The van der Waals surface area contributed by atoms with E-state index in [9.17, 15) is 0 Å². The van der Waals surface area contributed by atoms with Crippen molar-refractivity contribution >= 4 is 65.3 Å². The Morgan fingerprint density at radius 1 is 0.312 bits per heavy atom. The maximum Gasteiger partial charge on any atom is 0.164 e. The van der Waals surface area contributed by atoms with Crippen LogP contribution < -0.4 is 0 Å². The van der Waals surface area contributed by atoms with Gasteiger partial charge in [0.2, 0.25) is 0 Å². The van der Waals surface area contributed by atoms with Crippen molar-refractivity contribution in [3.05, 3.63) is 218 Å². The molecule has 64 heavy (non-hydrogen) atoms. The van der Waals surface area contributed by atoms with Crippen LogP contribution in [0.2, 0.25) is 0 Å². The van der Waals surface area contributed by atoms with E-state index in [0.29, 0.717) is 17.5 Å². The molecule has 0 amide bonds. The molecule has 0 atom stereocenters. The Morgan fingerprint density at radius 3 is 1.39 bits per heavy atom. The van der Waals surface area contributed by atoms with Crippen molar-refractivity contribution in [2.45, 2.75) is 0 Å². The third-order valence-electron chi connectivity index (χ3n) is 12.6. The van der Waals surface area contributed by atoms with Crippen LogP contribution >= 0.6 is 0 Å². The maximum atomic E-state index is 6.91. The number of fused-ring (bicyclic) bond motifs is 8. The second-order valence-corrected chi connectivity index (χ2v) is 16.4. The van der Waals surface area contributed by atoms with Crippen LogP contribution in [0.1, 0.15) is 0 Å². The van der Waals surface area contributed by atoms with Crippen molar-refractivity contribution < 1.29 is 4.42 Å². The van der Waals surface area contributed by atoms with Crippen molar-refractivity contribution in [1.82, 2.24) is 19.5 Å². The molecule has 0 aliphatic heterocycles. The van der Waals surface area contributed by atoms with E-state index in [-0.39, 0.29) is 0 Å². The molecule has 0 unspecified atom stereocenters. The van der Waals surface area contributed by atoms with E-state index in [0.717, 1.165) is 88.4 Å². The predicted octanol–water partition coefficient (Wildman–Crippen LogP) is 15.5. The van der Waals surface area contributed by atoms with E-state index >= 15 is 0 Å². The summed E-state index contributed by atoms with van der Waals surface area (Å²) in [7, 11) is 0. The molecule has 3 heterocycles. The first-order valence-corrected chi connectivity index (χ1v) is 21.6. The van der Waals surface area contributed by atoms with Gasteiger partial charge in [0.15, 0.2) is 17.5 Å². The Balaban J connectivity index is 1.09. The van der Waals surface area contributed by atoms with Crippen LogP contribution in [0.4, 0.5) is 0 Å². The van der Waals surface area contributed by atoms with Crippen molar-refractivity contribution in [3.63, 3.8) is 0 Å². The second-order valence-electron chi connectivity index (χ2n) is 16.4. The molecule has 0 saturated heterocycles. The van der Waals surface area contributed by atoms with Gasteiger partial charge in [0, 0.05) is 44.3 Å². The quantitative estimate of drug-likeness (QED) is 0.168. The summed E-state index contributed by atoms with van der Waals surface area (Å²) in [6, 6.07) is 76.9. The summed E-state index contributed by atoms with van der Waals surface area (Å²) in [5.74, 6) is 1.74. The smallest absolute Gasteiger partial charge is 0.164 e. The topological polar surface area (TPSA) is 56.7 Å². The molecule has 298 valence electrons. The van der Waals surface area contributed by atoms with E-state index in [1.807, 2.05) is 12.1 Å². The van der Waals surface area contributed by atoms with Crippen LogP contribution in [0.3, 0.4) is 0 Å². The number of rotatable bonds is 6. The Hall–Kier alpha value is -8.67. The molecule has 13 rings (SSSR count). The lowest BCUT2D eigenvalue weighted by atomic mass is 10.0. The SMILES string of the molecule is c1ccc(-c2ccc(-c3nc(-c4ccc(-c5ccccc5)cc4)nc(-c4cc(-n5c6ccccc6c6cc7ccccc7cc65)cc5oc6cc7ccccc7cc6c45)n3)cc2)cc1. The number of nitrogens with zero attached hydrogens (tertiary/aromatic N) is 4. The molecule has 0 fully saturated rings. The highest BCUT2D eigenvalue weighted by molar-refractivity contribution is 6.17. The van der Waals surface area contributed by atoms with Gasteiger partial charge in [0.05, 0.1) is 16.7 Å². The molecule has 0 spiro atoms. The van der Waals surface area contributed by atoms with Gasteiger partial charge >= 0.3 is 0 Å². The van der Waals surface area contributed by atoms with Gasteiger partial charge in [0.25, 0.3) is 0 Å². The molecule has 10 aromatic carbocycles. The normalized spacial score (nSPS) is 11.8. The van der Waals surface area contributed by atoms with Gasteiger partial charge in [-0.1, -0.05) is 176 Å². The summed E-state index contributed by atoms with van der Waals surface area (Å²) in [4.78, 5) is 16.0. The van der Waals surface area contributed by atoms with E-state index in [2.05, 4.69) is 211 Å². The third kappa shape index (κ3) is 5.98. The highest BCUT2D eigenvalue weighted by Gasteiger charge is 2.22. The summed E-state index contributed by atoms with van der Waals surface area (Å²) in [5, 5.41) is 8.97. The van der Waals surface area contributed by atoms with Crippen LogP contribution in [0.25, 0.3) is 127 Å². The minimum atomic E-state index is 0.563. The summed E-state index contributed by atoms with van der Waals surface area (Å²) in [5.41, 5.74) is 12.0. The Bertz CT molecular complexity index is 3830. The molecule has 0 bridgehead atoms. The van der Waals surface area contributed by atoms with Crippen LogP contribution in [-0.2, 0) is 0 Å². The highest BCUT2D eigenvalue weighted by atomic mass is 16.3. The summed E-state index contributed by atoms with van der Waals surface area (Å²) in [6.45, 7) is 0. The van der Waals surface area contributed by atoms with Gasteiger partial charge in [-0.15, -0.1) is 0 Å². The number of benzene rings is 10. The van der Waals surface area contributed by atoms with Crippen LogP contribution in [0.15, 0.2) is 223 Å². The van der Waals surface area contributed by atoms with Gasteiger partial charge in [-0.2, -0.15) is 0 Å². The number of hydrogen-bond donors (Lipinski definition) is 0. The predicted molar refractivity (Wildman–Crippen MR) is 264 cm³/mol. The van der Waals surface area contributed by atoms with Gasteiger partial charge in [-0.05, 0) is 80.2 Å². The number of hydrogen-bond acceptors (Lipinski definition) is 4. The second kappa shape index (κ2) is 14.5. The molecule has 5 heteroatoms. The molecular weight excluding hydrogens is 781 g/mol. The molecule has 13 aromatic rings. The van der Waals surface area contributed by atoms with Crippen molar-refractivity contribution in [1.29, 1.82) is 0 Å². The Kier molecular flexibility index (Phi) is 8.15. The van der Waals surface area contributed by atoms with Crippen LogP contribution in [-0.4, -0.2) is 19.5 Å². The zero-order valence-corrected chi connectivity index (χ0v) is 34.5. The summed E-state index contributed by atoms with van der Waals surface area (Å²) in [6.07, 6.45) is 0. The fourth-order valence-electron chi connectivity index (χ4n) is 9.45. The largest absolute Gasteiger partial charge is 0.456 e. The van der Waals surface area contributed by atoms with Crippen molar-refractivity contribution in [3.8, 4) is 62.1 Å². The lowest BCUT2D eigenvalue weighted by molar-refractivity contribution is 0.669. The zero-order valence-electron chi connectivity index (χ0n) is 34.5. The summed E-state index contributed by atoms with van der Waals surface area (Å²) >= 11 is 0. The average Bonchev–Trinajstić information content (AvgIpc) is 3.89. The monoisotopic (exact) mass is 816 g/mol. The molecule has 3 aromatic heterocycles. The first-order valence-electron chi connectivity index (χ1n) is 21.6. The maximum absolute atomic E-state index is 6.91. The van der Waals surface area contributed by atoms with Gasteiger partial charge in [0.1, 0.15) is 11.2 Å². The molecule has 0 saturated carbocycles. The fourth-order valence-corrected chi connectivity index (χ4v) is 9.45. The minimum absolute atomic E-state index is 0.563. The molecule has 0 radical (unpaired) electrons. The highest BCUT2D eigenvalue weighted by Crippen LogP contribution is 2.42. The van der Waals surface area contributed by atoms with E-state index < -0.39 is 0 Å². The molecule has 0 aliphatic carbocycles. The zero-order chi connectivity index (χ0) is 42.1. The lowest BCUT2D eigenvalue weighted by Crippen LogP contribution is -2.02. The van der Waals surface area contributed by atoms with Crippen LogP contribution in [0.5, 0.6) is 0 Å². The van der Waals surface area contributed by atoms with Crippen molar-refractivity contribution in [2.75, 3.05) is 0 Å². The van der Waals surface area contributed by atoms with Gasteiger partial charge in [-0.3, -0.25) is 0 Å². The molecule has 0 aliphatic rings. The molecular formula is C59H36N4O.